The third kappa shape index (κ3) is 1.78. The molecule has 0 amide bonds. The topological polar surface area (TPSA) is 55.1 Å². The van der Waals surface area contributed by atoms with Crippen molar-refractivity contribution in [3.63, 3.8) is 0 Å². The standard InChI is InChI=1S/C10H16N2O2/c1-6(2)9(10(13)14)12-5-11-7(3)8(12)4/h5-6,9H,1-4H3,(H,13,14). The zero-order valence-electron chi connectivity index (χ0n) is 8.98. The van der Waals surface area contributed by atoms with Crippen LogP contribution in [0.15, 0.2) is 6.33 Å². The van der Waals surface area contributed by atoms with Crippen LogP contribution < -0.4 is 0 Å². The van der Waals surface area contributed by atoms with E-state index in [1.807, 2.05) is 27.7 Å². The number of aryl methyl sites for hydroxylation is 1. The van der Waals surface area contributed by atoms with E-state index < -0.39 is 12.0 Å². The van der Waals surface area contributed by atoms with Crippen molar-refractivity contribution in [2.75, 3.05) is 0 Å². The van der Waals surface area contributed by atoms with Crippen LogP contribution in [-0.4, -0.2) is 20.6 Å². The van der Waals surface area contributed by atoms with Crippen molar-refractivity contribution >= 4 is 5.97 Å². The van der Waals surface area contributed by atoms with Crippen molar-refractivity contribution in [3.8, 4) is 0 Å². The van der Waals surface area contributed by atoms with Gasteiger partial charge in [0, 0.05) is 5.69 Å². The normalized spacial score (nSPS) is 13.2. The van der Waals surface area contributed by atoms with Gasteiger partial charge in [0.1, 0.15) is 6.04 Å². The lowest BCUT2D eigenvalue weighted by molar-refractivity contribution is -0.142. The molecule has 4 nitrogen and oxygen atoms in total. The molecule has 1 heterocycles. The zero-order valence-corrected chi connectivity index (χ0v) is 8.98. The molecule has 1 aromatic rings. The Morgan fingerprint density at radius 3 is 2.36 bits per heavy atom. The lowest BCUT2D eigenvalue weighted by Crippen LogP contribution is -2.24. The van der Waals surface area contributed by atoms with Gasteiger partial charge in [0.2, 0.25) is 0 Å². The smallest absolute Gasteiger partial charge is 0.326 e. The maximum absolute atomic E-state index is 11.1. The molecule has 0 spiro atoms. The fourth-order valence-corrected chi connectivity index (χ4v) is 1.52. The van der Waals surface area contributed by atoms with Crippen LogP contribution in [0.2, 0.25) is 0 Å². The molecule has 1 unspecified atom stereocenters. The van der Waals surface area contributed by atoms with Gasteiger partial charge in [0.05, 0.1) is 12.0 Å². The van der Waals surface area contributed by atoms with Crippen molar-refractivity contribution in [2.45, 2.75) is 33.7 Å². The van der Waals surface area contributed by atoms with E-state index in [1.54, 1.807) is 10.9 Å². The number of carboxylic acid groups (broad SMARTS) is 1. The Balaban J connectivity index is 3.12. The lowest BCUT2D eigenvalue weighted by atomic mass is 10.0. The number of hydrogen-bond acceptors (Lipinski definition) is 2. The highest BCUT2D eigenvalue weighted by Crippen LogP contribution is 2.20. The van der Waals surface area contributed by atoms with E-state index in [0.29, 0.717) is 0 Å². The molecule has 0 aromatic carbocycles. The Labute approximate surface area is 83.6 Å². The van der Waals surface area contributed by atoms with Crippen LogP contribution in [0.1, 0.15) is 31.3 Å². The molecule has 78 valence electrons. The molecule has 0 aliphatic rings. The molecule has 14 heavy (non-hydrogen) atoms. The Kier molecular flexibility index (Phi) is 2.93. The van der Waals surface area contributed by atoms with E-state index in [-0.39, 0.29) is 5.92 Å². The molecular formula is C10H16N2O2. The number of rotatable bonds is 3. The lowest BCUT2D eigenvalue weighted by Gasteiger charge is -2.19. The summed E-state index contributed by atoms with van der Waals surface area (Å²) in [6.07, 6.45) is 1.60. The number of hydrogen-bond donors (Lipinski definition) is 1. The summed E-state index contributed by atoms with van der Waals surface area (Å²) in [5, 5.41) is 9.08. The number of aliphatic carboxylic acids is 1. The molecule has 1 atom stereocenters. The summed E-state index contributed by atoms with van der Waals surface area (Å²) < 4.78 is 1.72. The van der Waals surface area contributed by atoms with E-state index >= 15 is 0 Å². The van der Waals surface area contributed by atoms with Gasteiger partial charge in [-0.15, -0.1) is 0 Å². The summed E-state index contributed by atoms with van der Waals surface area (Å²) in [4.78, 5) is 15.2. The summed E-state index contributed by atoms with van der Waals surface area (Å²) in [5.74, 6) is -0.750. The maximum atomic E-state index is 11.1. The Morgan fingerprint density at radius 2 is 2.07 bits per heavy atom. The first-order valence-electron chi connectivity index (χ1n) is 4.68. The minimum atomic E-state index is -0.805. The highest BCUT2D eigenvalue weighted by molar-refractivity contribution is 5.72. The van der Waals surface area contributed by atoms with E-state index in [0.717, 1.165) is 11.4 Å². The molecule has 0 bridgehead atoms. The average molecular weight is 196 g/mol. The molecular weight excluding hydrogens is 180 g/mol. The molecule has 0 saturated carbocycles. The van der Waals surface area contributed by atoms with Gasteiger partial charge in [-0.1, -0.05) is 13.8 Å². The molecule has 0 aliphatic carbocycles. The summed E-state index contributed by atoms with van der Waals surface area (Å²) in [6, 6.07) is -0.517. The third-order valence-electron chi connectivity index (χ3n) is 2.47. The van der Waals surface area contributed by atoms with Crippen LogP contribution >= 0.6 is 0 Å². The van der Waals surface area contributed by atoms with E-state index in [9.17, 15) is 4.79 Å². The van der Waals surface area contributed by atoms with Crippen LogP contribution in [0.25, 0.3) is 0 Å². The first kappa shape index (κ1) is 10.8. The van der Waals surface area contributed by atoms with Crippen molar-refractivity contribution in [1.29, 1.82) is 0 Å². The van der Waals surface area contributed by atoms with Gasteiger partial charge in [-0.05, 0) is 19.8 Å². The van der Waals surface area contributed by atoms with E-state index in [1.165, 1.54) is 0 Å². The molecule has 1 rings (SSSR count). The number of nitrogens with zero attached hydrogens (tertiary/aromatic N) is 2. The monoisotopic (exact) mass is 196 g/mol. The SMILES string of the molecule is Cc1ncn(C(C(=O)O)C(C)C)c1C. The summed E-state index contributed by atoms with van der Waals surface area (Å²) in [5.41, 5.74) is 1.81. The average Bonchev–Trinajstić information content (AvgIpc) is 2.35. The molecule has 4 heteroatoms. The molecule has 1 aromatic heterocycles. The number of imidazole rings is 1. The highest BCUT2D eigenvalue weighted by atomic mass is 16.4. The molecule has 0 fully saturated rings. The maximum Gasteiger partial charge on any atom is 0.326 e. The number of aromatic nitrogens is 2. The van der Waals surface area contributed by atoms with Gasteiger partial charge in [0.25, 0.3) is 0 Å². The minimum Gasteiger partial charge on any atom is -0.480 e. The Morgan fingerprint density at radius 1 is 1.50 bits per heavy atom. The van der Waals surface area contributed by atoms with Crippen molar-refractivity contribution in [2.24, 2.45) is 5.92 Å². The molecule has 0 aliphatic heterocycles. The second-order valence-electron chi connectivity index (χ2n) is 3.85. The predicted octanol–water partition coefficient (Wildman–Crippen LogP) is 1.78. The van der Waals surface area contributed by atoms with Crippen LogP contribution in [0.4, 0.5) is 0 Å². The van der Waals surface area contributed by atoms with Crippen LogP contribution in [-0.2, 0) is 4.79 Å². The fourth-order valence-electron chi connectivity index (χ4n) is 1.52. The highest BCUT2D eigenvalue weighted by Gasteiger charge is 2.24. The summed E-state index contributed by atoms with van der Waals surface area (Å²) >= 11 is 0. The van der Waals surface area contributed by atoms with E-state index in [4.69, 9.17) is 5.11 Å². The second-order valence-corrected chi connectivity index (χ2v) is 3.85. The minimum absolute atomic E-state index is 0.0554. The van der Waals surface area contributed by atoms with Crippen LogP contribution in [0, 0.1) is 19.8 Å². The van der Waals surface area contributed by atoms with Crippen molar-refractivity contribution < 1.29 is 9.90 Å². The van der Waals surface area contributed by atoms with Gasteiger partial charge in [-0.2, -0.15) is 0 Å². The number of carboxylic acids is 1. The fraction of sp³-hybridized carbons (Fsp3) is 0.600. The first-order valence-corrected chi connectivity index (χ1v) is 4.68. The summed E-state index contributed by atoms with van der Waals surface area (Å²) in [7, 11) is 0. The van der Waals surface area contributed by atoms with Crippen molar-refractivity contribution in [1.82, 2.24) is 9.55 Å². The Bertz CT molecular complexity index is 342. The molecule has 0 saturated heterocycles. The van der Waals surface area contributed by atoms with Crippen LogP contribution in [0.3, 0.4) is 0 Å². The Hall–Kier alpha value is -1.32. The van der Waals surface area contributed by atoms with Gasteiger partial charge in [0.15, 0.2) is 0 Å². The van der Waals surface area contributed by atoms with Gasteiger partial charge in [-0.3, -0.25) is 0 Å². The van der Waals surface area contributed by atoms with Gasteiger partial charge < -0.3 is 9.67 Å². The molecule has 0 radical (unpaired) electrons. The molecule has 1 N–H and O–H groups in total. The zero-order chi connectivity index (χ0) is 10.9. The van der Waals surface area contributed by atoms with E-state index in [2.05, 4.69) is 4.98 Å². The second kappa shape index (κ2) is 3.82. The number of carbonyl (C=O) groups is 1. The first-order chi connectivity index (χ1) is 6.45. The largest absolute Gasteiger partial charge is 0.480 e. The van der Waals surface area contributed by atoms with Gasteiger partial charge in [-0.25, -0.2) is 9.78 Å². The quantitative estimate of drug-likeness (QED) is 0.801. The predicted molar refractivity (Wildman–Crippen MR) is 53.2 cm³/mol. The summed E-state index contributed by atoms with van der Waals surface area (Å²) in [6.45, 7) is 7.56. The van der Waals surface area contributed by atoms with Crippen molar-refractivity contribution in [3.05, 3.63) is 17.7 Å². The third-order valence-corrected chi connectivity index (χ3v) is 2.47. The van der Waals surface area contributed by atoms with Gasteiger partial charge >= 0.3 is 5.97 Å². The van der Waals surface area contributed by atoms with Crippen LogP contribution in [0.5, 0.6) is 0 Å².